The predicted molar refractivity (Wildman–Crippen MR) is 64.5 cm³/mol. The summed E-state index contributed by atoms with van der Waals surface area (Å²) in [4.78, 5) is 15.2. The van der Waals surface area contributed by atoms with Crippen molar-refractivity contribution in [1.82, 2.24) is 20.1 Å². The molecule has 0 radical (unpaired) electrons. The number of aromatic nitrogens is 3. The SMILES string of the molecule is CNC(=O)Nc1ccc(-c2cnn(C)c2)cn1. The standard InChI is InChI=1S/C11H13N5O/c1-12-11(17)15-10-4-3-8(5-13-10)9-6-14-16(2)7-9/h3-7H,1-2H3,(H2,12,13,15,17). The number of hydrogen-bond acceptors (Lipinski definition) is 3. The number of carbonyl (C=O) groups excluding carboxylic acids is 1. The molecule has 0 unspecified atom stereocenters. The summed E-state index contributed by atoms with van der Waals surface area (Å²) in [5.74, 6) is 0.511. The molecule has 6 heteroatoms. The number of nitrogens with zero attached hydrogens (tertiary/aromatic N) is 3. The average Bonchev–Trinajstić information content (AvgIpc) is 2.77. The van der Waals surface area contributed by atoms with E-state index in [1.54, 1.807) is 30.2 Å². The summed E-state index contributed by atoms with van der Waals surface area (Å²) in [7, 11) is 3.41. The van der Waals surface area contributed by atoms with E-state index in [0.29, 0.717) is 5.82 Å². The van der Waals surface area contributed by atoms with Gasteiger partial charge in [0.05, 0.1) is 6.20 Å². The molecule has 6 nitrogen and oxygen atoms in total. The van der Waals surface area contributed by atoms with Crippen LogP contribution < -0.4 is 10.6 Å². The minimum atomic E-state index is -0.286. The van der Waals surface area contributed by atoms with Crippen LogP contribution in [-0.4, -0.2) is 27.8 Å². The number of nitrogens with one attached hydrogen (secondary N) is 2. The zero-order valence-electron chi connectivity index (χ0n) is 9.64. The monoisotopic (exact) mass is 231 g/mol. The number of anilines is 1. The van der Waals surface area contributed by atoms with Crippen molar-refractivity contribution in [1.29, 1.82) is 0 Å². The lowest BCUT2D eigenvalue weighted by atomic mass is 10.2. The molecule has 2 N–H and O–H groups in total. The van der Waals surface area contributed by atoms with E-state index in [2.05, 4.69) is 20.7 Å². The minimum Gasteiger partial charge on any atom is -0.341 e. The van der Waals surface area contributed by atoms with Crippen LogP contribution in [-0.2, 0) is 7.05 Å². The van der Waals surface area contributed by atoms with Gasteiger partial charge in [0, 0.05) is 37.6 Å². The van der Waals surface area contributed by atoms with E-state index in [-0.39, 0.29) is 6.03 Å². The molecule has 0 fully saturated rings. The van der Waals surface area contributed by atoms with Crippen molar-refractivity contribution in [3.8, 4) is 11.1 Å². The van der Waals surface area contributed by atoms with E-state index < -0.39 is 0 Å². The van der Waals surface area contributed by atoms with Crippen LogP contribution >= 0.6 is 0 Å². The lowest BCUT2D eigenvalue weighted by Gasteiger charge is -2.03. The van der Waals surface area contributed by atoms with Gasteiger partial charge in [0.1, 0.15) is 5.82 Å². The fourth-order valence-corrected chi connectivity index (χ4v) is 1.39. The van der Waals surface area contributed by atoms with Crippen molar-refractivity contribution in [2.24, 2.45) is 7.05 Å². The Kier molecular flexibility index (Phi) is 3.04. The van der Waals surface area contributed by atoms with E-state index >= 15 is 0 Å². The van der Waals surface area contributed by atoms with Crippen LogP contribution in [0.3, 0.4) is 0 Å². The first-order chi connectivity index (χ1) is 8.19. The summed E-state index contributed by atoms with van der Waals surface area (Å²) >= 11 is 0. The van der Waals surface area contributed by atoms with E-state index in [1.165, 1.54) is 0 Å². The van der Waals surface area contributed by atoms with Gasteiger partial charge in [-0.05, 0) is 12.1 Å². The Balaban J connectivity index is 2.15. The highest BCUT2D eigenvalue weighted by atomic mass is 16.2. The maximum atomic E-state index is 11.1. The molecule has 0 aliphatic rings. The summed E-state index contributed by atoms with van der Waals surface area (Å²) < 4.78 is 1.73. The van der Waals surface area contributed by atoms with Crippen LogP contribution in [0.2, 0.25) is 0 Å². The Bertz CT molecular complexity index is 517. The molecular weight excluding hydrogens is 218 g/mol. The van der Waals surface area contributed by atoms with Crippen molar-refractivity contribution in [3.63, 3.8) is 0 Å². The molecule has 0 saturated carbocycles. The molecule has 0 bridgehead atoms. The average molecular weight is 231 g/mol. The number of amides is 2. The Hall–Kier alpha value is -2.37. The molecule has 0 atom stereocenters. The van der Waals surface area contributed by atoms with E-state index in [9.17, 15) is 4.79 Å². The van der Waals surface area contributed by atoms with Gasteiger partial charge in [-0.1, -0.05) is 0 Å². The third kappa shape index (κ3) is 2.60. The van der Waals surface area contributed by atoms with Crippen molar-refractivity contribution in [2.75, 3.05) is 12.4 Å². The minimum absolute atomic E-state index is 0.286. The first kappa shape index (κ1) is 11.1. The van der Waals surface area contributed by atoms with Gasteiger partial charge in [-0.15, -0.1) is 0 Å². The molecule has 2 heterocycles. The highest BCUT2D eigenvalue weighted by Gasteiger charge is 2.03. The first-order valence-electron chi connectivity index (χ1n) is 5.13. The molecule has 0 saturated heterocycles. The number of hydrogen-bond donors (Lipinski definition) is 2. The number of urea groups is 1. The Morgan fingerprint density at radius 2 is 2.12 bits per heavy atom. The van der Waals surface area contributed by atoms with Gasteiger partial charge in [0.25, 0.3) is 0 Å². The summed E-state index contributed by atoms with van der Waals surface area (Å²) in [5.41, 5.74) is 1.95. The van der Waals surface area contributed by atoms with Gasteiger partial charge >= 0.3 is 6.03 Å². The number of rotatable bonds is 2. The van der Waals surface area contributed by atoms with Gasteiger partial charge in [0.2, 0.25) is 0 Å². The molecule has 17 heavy (non-hydrogen) atoms. The van der Waals surface area contributed by atoms with E-state index in [0.717, 1.165) is 11.1 Å². The highest BCUT2D eigenvalue weighted by molar-refractivity contribution is 5.88. The van der Waals surface area contributed by atoms with Gasteiger partial charge in [-0.3, -0.25) is 10.00 Å². The molecule has 0 aliphatic heterocycles. The highest BCUT2D eigenvalue weighted by Crippen LogP contribution is 2.18. The third-order valence-electron chi connectivity index (χ3n) is 2.27. The molecule has 2 aromatic rings. The quantitative estimate of drug-likeness (QED) is 0.816. The van der Waals surface area contributed by atoms with Crippen LogP contribution in [0.4, 0.5) is 10.6 Å². The first-order valence-corrected chi connectivity index (χ1v) is 5.13. The summed E-state index contributed by atoms with van der Waals surface area (Å²) in [6.07, 6.45) is 5.37. The van der Waals surface area contributed by atoms with Crippen LogP contribution in [0, 0.1) is 0 Å². The maximum absolute atomic E-state index is 11.1. The second-order valence-electron chi connectivity index (χ2n) is 3.54. The largest absolute Gasteiger partial charge is 0.341 e. The Morgan fingerprint density at radius 3 is 2.65 bits per heavy atom. The topological polar surface area (TPSA) is 71.8 Å². The molecule has 2 aromatic heterocycles. The van der Waals surface area contributed by atoms with Crippen molar-refractivity contribution in [3.05, 3.63) is 30.7 Å². The lowest BCUT2D eigenvalue weighted by molar-refractivity contribution is 0.254. The lowest BCUT2D eigenvalue weighted by Crippen LogP contribution is -2.24. The van der Waals surface area contributed by atoms with Crippen molar-refractivity contribution >= 4 is 11.8 Å². The van der Waals surface area contributed by atoms with Crippen molar-refractivity contribution in [2.45, 2.75) is 0 Å². The number of carbonyl (C=O) groups is 1. The normalized spacial score (nSPS) is 10.0. The smallest absolute Gasteiger partial charge is 0.320 e. The van der Waals surface area contributed by atoms with Crippen molar-refractivity contribution < 1.29 is 4.79 Å². The Morgan fingerprint density at radius 1 is 1.29 bits per heavy atom. The van der Waals surface area contributed by atoms with Crippen LogP contribution in [0.5, 0.6) is 0 Å². The van der Waals surface area contributed by atoms with Crippen LogP contribution in [0.1, 0.15) is 0 Å². The Labute approximate surface area is 98.7 Å². The third-order valence-corrected chi connectivity index (χ3v) is 2.27. The molecule has 2 amide bonds. The second kappa shape index (κ2) is 4.65. The molecule has 2 rings (SSSR count). The maximum Gasteiger partial charge on any atom is 0.320 e. The number of aryl methyl sites for hydroxylation is 1. The number of pyridine rings is 1. The van der Waals surface area contributed by atoms with Gasteiger partial charge in [-0.2, -0.15) is 5.10 Å². The zero-order chi connectivity index (χ0) is 12.3. The fourth-order valence-electron chi connectivity index (χ4n) is 1.39. The fraction of sp³-hybridized carbons (Fsp3) is 0.182. The molecular formula is C11H13N5O. The van der Waals surface area contributed by atoms with E-state index in [1.807, 2.05) is 19.3 Å². The summed E-state index contributed by atoms with van der Waals surface area (Å²) in [6.45, 7) is 0. The zero-order valence-corrected chi connectivity index (χ0v) is 9.64. The molecule has 0 aliphatic carbocycles. The molecule has 0 spiro atoms. The summed E-state index contributed by atoms with van der Waals surface area (Å²) in [6, 6.07) is 3.35. The summed E-state index contributed by atoms with van der Waals surface area (Å²) in [5, 5.41) is 9.14. The van der Waals surface area contributed by atoms with Gasteiger partial charge < -0.3 is 5.32 Å². The van der Waals surface area contributed by atoms with E-state index in [4.69, 9.17) is 0 Å². The van der Waals surface area contributed by atoms with Gasteiger partial charge in [0.15, 0.2) is 0 Å². The predicted octanol–water partition coefficient (Wildman–Crippen LogP) is 1.23. The van der Waals surface area contributed by atoms with Crippen LogP contribution in [0.25, 0.3) is 11.1 Å². The molecule has 88 valence electrons. The van der Waals surface area contributed by atoms with Crippen LogP contribution in [0.15, 0.2) is 30.7 Å². The van der Waals surface area contributed by atoms with Gasteiger partial charge in [-0.25, -0.2) is 9.78 Å². The molecule has 0 aromatic carbocycles. The second-order valence-corrected chi connectivity index (χ2v) is 3.54.